The molecule has 1 heterocycles. The first-order valence-electron chi connectivity index (χ1n) is 6.84. The second-order valence-corrected chi connectivity index (χ2v) is 5.70. The first kappa shape index (κ1) is 15.1. The van der Waals surface area contributed by atoms with E-state index in [9.17, 15) is 4.79 Å². The molecule has 108 valence electrons. The maximum Gasteiger partial charge on any atom is 0.270 e. The van der Waals surface area contributed by atoms with E-state index in [1.165, 1.54) is 0 Å². The first-order valence-corrected chi connectivity index (χ1v) is 7.63. The molecule has 0 aliphatic rings. The predicted molar refractivity (Wildman–Crippen MR) is 83.9 cm³/mol. The van der Waals surface area contributed by atoms with E-state index >= 15 is 0 Å². The average Bonchev–Trinajstić information content (AvgIpc) is 2.85. The largest absolute Gasteiger partial charge is 0.395 e. The van der Waals surface area contributed by atoms with Crippen LogP contribution in [0.1, 0.15) is 30.3 Å². The van der Waals surface area contributed by atoms with Gasteiger partial charge in [0.15, 0.2) is 0 Å². The highest BCUT2D eigenvalue weighted by molar-refractivity contribution is 9.10. The van der Waals surface area contributed by atoms with E-state index in [2.05, 4.69) is 27.8 Å². The van der Waals surface area contributed by atoms with Gasteiger partial charge < -0.3 is 15.0 Å². The van der Waals surface area contributed by atoms with Gasteiger partial charge in [0.1, 0.15) is 5.69 Å². The van der Waals surface area contributed by atoms with Gasteiger partial charge >= 0.3 is 0 Å². The van der Waals surface area contributed by atoms with Gasteiger partial charge in [-0.3, -0.25) is 4.79 Å². The van der Waals surface area contributed by atoms with Gasteiger partial charge in [0.2, 0.25) is 0 Å². The van der Waals surface area contributed by atoms with Crippen LogP contribution in [-0.4, -0.2) is 40.6 Å². The van der Waals surface area contributed by atoms with Gasteiger partial charge in [-0.1, -0.05) is 35.3 Å². The molecule has 0 fully saturated rings. The number of nitrogens with zero attached hydrogens (tertiary/aromatic N) is 1. The first-order chi connectivity index (χ1) is 9.65. The minimum atomic E-state index is -0.0557. The number of aliphatic hydroxyl groups excluding tert-OH is 1. The monoisotopic (exact) mass is 338 g/mol. The highest BCUT2D eigenvalue weighted by atomic mass is 79.9. The maximum atomic E-state index is 12.5. The summed E-state index contributed by atoms with van der Waals surface area (Å²) in [4.78, 5) is 17.3. The smallest absolute Gasteiger partial charge is 0.270 e. The van der Waals surface area contributed by atoms with Crippen LogP contribution in [0.25, 0.3) is 10.9 Å². The van der Waals surface area contributed by atoms with Crippen molar-refractivity contribution in [2.45, 2.75) is 19.8 Å². The van der Waals surface area contributed by atoms with Crippen LogP contribution in [-0.2, 0) is 0 Å². The van der Waals surface area contributed by atoms with Gasteiger partial charge in [0, 0.05) is 28.5 Å². The van der Waals surface area contributed by atoms with Crippen LogP contribution in [0.5, 0.6) is 0 Å². The van der Waals surface area contributed by atoms with Gasteiger partial charge in [-0.25, -0.2) is 0 Å². The Hall–Kier alpha value is -1.33. The molecule has 0 saturated carbocycles. The molecule has 0 bridgehead atoms. The van der Waals surface area contributed by atoms with E-state index in [1.807, 2.05) is 24.3 Å². The van der Waals surface area contributed by atoms with Crippen molar-refractivity contribution in [2.75, 3.05) is 19.7 Å². The summed E-state index contributed by atoms with van der Waals surface area (Å²) in [6, 6.07) is 7.73. The Morgan fingerprint density at radius 3 is 2.85 bits per heavy atom. The summed E-state index contributed by atoms with van der Waals surface area (Å²) in [5, 5.41) is 10.1. The van der Waals surface area contributed by atoms with Crippen LogP contribution in [0, 0.1) is 0 Å². The highest BCUT2D eigenvalue weighted by Gasteiger charge is 2.17. The van der Waals surface area contributed by atoms with Gasteiger partial charge in [0.05, 0.1) is 6.61 Å². The molecule has 0 radical (unpaired) electrons. The van der Waals surface area contributed by atoms with Crippen molar-refractivity contribution in [1.29, 1.82) is 0 Å². The van der Waals surface area contributed by atoms with Crippen molar-refractivity contribution < 1.29 is 9.90 Å². The number of halogens is 1. The van der Waals surface area contributed by atoms with Gasteiger partial charge in [-0.2, -0.15) is 0 Å². The number of nitrogens with one attached hydrogen (secondary N) is 1. The number of hydrogen-bond acceptors (Lipinski definition) is 2. The van der Waals surface area contributed by atoms with E-state index in [0.29, 0.717) is 18.8 Å². The number of fused-ring (bicyclic) bond motifs is 1. The zero-order valence-electron chi connectivity index (χ0n) is 11.5. The Kier molecular flexibility index (Phi) is 5.20. The van der Waals surface area contributed by atoms with Crippen molar-refractivity contribution in [1.82, 2.24) is 9.88 Å². The van der Waals surface area contributed by atoms with Gasteiger partial charge in [-0.05, 0) is 24.6 Å². The lowest BCUT2D eigenvalue weighted by atomic mass is 10.2. The molecular weight excluding hydrogens is 320 g/mol. The number of aliphatic hydroxyl groups is 1. The van der Waals surface area contributed by atoms with Gasteiger partial charge in [-0.15, -0.1) is 0 Å². The molecule has 2 rings (SSSR count). The molecule has 0 atom stereocenters. The van der Waals surface area contributed by atoms with Crippen molar-refractivity contribution in [3.05, 3.63) is 34.4 Å². The molecule has 0 aliphatic carbocycles. The third-order valence-corrected chi connectivity index (χ3v) is 3.75. The minimum Gasteiger partial charge on any atom is -0.395 e. The fraction of sp³-hybridized carbons (Fsp3) is 0.400. The predicted octanol–water partition coefficient (Wildman–Crippen LogP) is 3.17. The molecule has 4 nitrogen and oxygen atoms in total. The molecule has 0 unspecified atom stereocenters. The van der Waals surface area contributed by atoms with Crippen LogP contribution in [0.15, 0.2) is 28.7 Å². The zero-order valence-corrected chi connectivity index (χ0v) is 13.1. The summed E-state index contributed by atoms with van der Waals surface area (Å²) in [7, 11) is 0. The number of amides is 1. The molecule has 2 N–H and O–H groups in total. The lowest BCUT2D eigenvalue weighted by Gasteiger charge is -2.20. The Morgan fingerprint density at radius 1 is 1.35 bits per heavy atom. The Labute approximate surface area is 126 Å². The van der Waals surface area contributed by atoms with Crippen molar-refractivity contribution in [2.24, 2.45) is 0 Å². The summed E-state index contributed by atoms with van der Waals surface area (Å²) in [6.07, 6.45) is 1.96. The van der Waals surface area contributed by atoms with E-state index < -0.39 is 0 Å². The zero-order chi connectivity index (χ0) is 14.5. The molecule has 5 heteroatoms. The van der Waals surface area contributed by atoms with Crippen LogP contribution in [0.2, 0.25) is 0 Å². The molecule has 0 aliphatic heterocycles. The number of unbranched alkanes of at least 4 members (excludes halogenated alkanes) is 1. The average molecular weight is 339 g/mol. The fourth-order valence-corrected chi connectivity index (χ4v) is 2.53. The second kappa shape index (κ2) is 6.90. The minimum absolute atomic E-state index is 0.0127. The van der Waals surface area contributed by atoms with E-state index in [1.54, 1.807) is 4.90 Å². The number of H-pyrrole nitrogens is 1. The van der Waals surface area contributed by atoms with Crippen molar-refractivity contribution >= 4 is 32.7 Å². The number of aromatic nitrogens is 1. The summed E-state index contributed by atoms with van der Waals surface area (Å²) >= 11 is 3.42. The number of rotatable bonds is 6. The quantitative estimate of drug-likeness (QED) is 0.849. The highest BCUT2D eigenvalue weighted by Crippen LogP contribution is 2.21. The van der Waals surface area contributed by atoms with Gasteiger partial charge in [0.25, 0.3) is 5.91 Å². The molecule has 2 aromatic rings. The lowest BCUT2D eigenvalue weighted by Crippen LogP contribution is -2.34. The molecule has 1 amide bonds. The van der Waals surface area contributed by atoms with Crippen molar-refractivity contribution in [3.8, 4) is 0 Å². The number of carbonyl (C=O) groups excluding carboxylic acids is 1. The third kappa shape index (κ3) is 3.41. The molecular formula is C15H19BrN2O2. The molecule has 0 spiro atoms. The molecule has 20 heavy (non-hydrogen) atoms. The third-order valence-electron chi connectivity index (χ3n) is 3.25. The summed E-state index contributed by atoms with van der Waals surface area (Å²) in [5.41, 5.74) is 1.50. The number of carbonyl (C=O) groups is 1. The van der Waals surface area contributed by atoms with E-state index in [0.717, 1.165) is 28.2 Å². The van der Waals surface area contributed by atoms with E-state index in [-0.39, 0.29) is 12.5 Å². The Balaban J connectivity index is 2.23. The van der Waals surface area contributed by atoms with Crippen LogP contribution < -0.4 is 0 Å². The molecule has 1 aromatic carbocycles. The van der Waals surface area contributed by atoms with Crippen LogP contribution >= 0.6 is 15.9 Å². The SMILES string of the molecule is CCCCN(CCO)C(=O)c1cc2ccc(Br)cc2[nH]1. The van der Waals surface area contributed by atoms with Crippen LogP contribution in [0.4, 0.5) is 0 Å². The summed E-state index contributed by atoms with van der Waals surface area (Å²) in [6.45, 7) is 3.12. The Bertz CT molecular complexity index is 595. The van der Waals surface area contributed by atoms with E-state index in [4.69, 9.17) is 5.11 Å². The normalized spacial score (nSPS) is 10.9. The number of aromatic amines is 1. The topological polar surface area (TPSA) is 56.3 Å². The standard InChI is InChI=1S/C15H19BrN2O2/c1-2-3-6-18(7-8-19)15(20)14-9-11-4-5-12(16)10-13(11)17-14/h4-5,9-10,17,19H,2-3,6-8H2,1H3. The fourth-order valence-electron chi connectivity index (χ4n) is 2.17. The maximum absolute atomic E-state index is 12.5. The second-order valence-electron chi connectivity index (χ2n) is 4.78. The summed E-state index contributed by atoms with van der Waals surface area (Å²) < 4.78 is 0.976. The molecule has 1 aromatic heterocycles. The lowest BCUT2D eigenvalue weighted by molar-refractivity contribution is 0.0714. The number of benzene rings is 1. The van der Waals surface area contributed by atoms with Crippen molar-refractivity contribution in [3.63, 3.8) is 0 Å². The summed E-state index contributed by atoms with van der Waals surface area (Å²) in [5.74, 6) is -0.0557. The number of hydrogen-bond donors (Lipinski definition) is 2. The molecule has 0 saturated heterocycles. The van der Waals surface area contributed by atoms with Crippen LogP contribution in [0.3, 0.4) is 0 Å². The Morgan fingerprint density at radius 2 is 2.15 bits per heavy atom.